The van der Waals surface area contributed by atoms with E-state index in [-0.39, 0.29) is 6.04 Å². The highest BCUT2D eigenvalue weighted by molar-refractivity contribution is 9.13. The van der Waals surface area contributed by atoms with Crippen LogP contribution in [0.2, 0.25) is 0 Å². The zero-order valence-electron chi connectivity index (χ0n) is 13.8. The number of fused-ring (bicyclic) bond motifs is 2. The van der Waals surface area contributed by atoms with Gasteiger partial charge in [0.25, 0.3) is 0 Å². The smallest absolute Gasteiger partial charge is 0.207 e. The van der Waals surface area contributed by atoms with Gasteiger partial charge in [-0.2, -0.15) is 0 Å². The van der Waals surface area contributed by atoms with Crippen molar-refractivity contribution in [2.45, 2.75) is 44.7 Å². The van der Waals surface area contributed by atoms with E-state index in [2.05, 4.69) is 67.0 Å². The van der Waals surface area contributed by atoms with Crippen LogP contribution in [0.25, 0.3) is 10.9 Å². The van der Waals surface area contributed by atoms with Gasteiger partial charge >= 0.3 is 0 Å². The van der Waals surface area contributed by atoms with Gasteiger partial charge < -0.3 is 10.3 Å². The lowest BCUT2D eigenvalue weighted by molar-refractivity contribution is -0.110. The van der Waals surface area contributed by atoms with Gasteiger partial charge in [-0.1, -0.05) is 6.92 Å². The Kier molecular flexibility index (Phi) is 4.25. The first kappa shape index (κ1) is 16.6. The molecule has 1 aromatic heterocycles. The molecule has 4 nitrogen and oxygen atoms in total. The summed E-state index contributed by atoms with van der Waals surface area (Å²) < 4.78 is 2.19. The van der Waals surface area contributed by atoms with Crippen LogP contribution in [-0.4, -0.2) is 41.5 Å². The topological polar surface area (TPSA) is 48.1 Å². The number of hydrogen-bond acceptors (Lipinski definition) is 2. The highest BCUT2D eigenvalue weighted by Gasteiger charge is 2.41. The third-order valence-electron chi connectivity index (χ3n) is 5.77. The second-order valence-electron chi connectivity index (χ2n) is 6.92. The van der Waals surface area contributed by atoms with Gasteiger partial charge in [0.15, 0.2) is 0 Å². The van der Waals surface area contributed by atoms with E-state index in [1.54, 1.807) is 0 Å². The van der Waals surface area contributed by atoms with Crippen LogP contribution in [0, 0.1) is 6.92 Å². The number of carbonyl (C=O) groups is 1. The number of carbonyl (C=O) groups excluding carboxylic acids is 1. The molecule has 6 heteroatoms. The minimum atomic E-state index is 0.225. The Morgan fingerprint density at radius 3 is 2.96 bits per heavy atom. The van der Waals surface area contributed by atoms with Gasteiger partial charge in [-0.3, -0.25) is 9.69 Å². The monoisotopic (exact) mass is 453 g/mol. The number of hydrogen-bond donors (Lipinski definition) is 2. The molecule has 2 aromatic rings. The van der Waals surface area contributed by atoms with E-state index in [4.69, 9.17) is 0 Å². The summed E-state index contributed by atoms with van der Waals surface area (Å²) in [5.74, 6) is 0.450. The summed E-state index contributed by atoms with van der Waals surface area (Å²) in [6.45, 7) is 6.34. The normalized spacial score (nSPS) is 26.4. The second kappa shape index (κ2) is 6.15. The Morgan fingerprint density at radius 1 is 1.46 bits per heavy atom. The number of aryl methyl sites for hydroxylation is 1. The molecular weight excluding hydrogens is 434 g/mol. The van der Waals surface area contributed by atoms with Crippen LogP contribution in [-0.2, 0) is 11.2 Å². The van der Waals surface area contributed by atoms with Crippen LogP contribution in [0.4, 0.5) is 0 Å². The number of piperidine rings is 1. The molecule has 0 spiro atoms. The van der Waals surface area contributed by atoms with E-state index < -0.39 is 0 Å². The summed E-state index contributed by atoms with van der Waals surface area (Å²) in [6, 6.07) is 3.01. The molecule has 3 atom stereocenters. The van der Waals surface area contributed by atoms with Gasteiger partial charge in [0.2, 0.25) is 6.41 Å². The molecular formula is C18H21Br2N3O. The lowest BCUT2D eigenvalue weighted by atomic mass is 9.73. The van der Waals surface area contributed by atoms with Gasteiger partial charge in [-0.05, 0) is 75.4 Å². The first-order valence-electron chi connectivity index (χ1n) is 8.47. The number of likely N-dealkylation sites (tertiary alicyclic amines) is 1. The third-order valence-corrected chi connectivity index (χ3v) is 7.75. The maximum atomic E-state index is 11.0. The summed E-state index contributed by atoms with van der Waals surface area (Å²) in [6.07, 6.45) is 2.94. The number of H-pyrrole nitrogens is 1. The fourth-order valence-corrected chi connectivity index (χ4v) is 5.55. The Hall–Kier alpha value is -0.850. The summed E-state index contributed by atoms with van der Waals surface area (Å²) in [4.78, 5) is 17.1. The SMILES string of the molecule is CCN1C[C@@H](NC=O)CC2c3cc(Br)c(Br)c4[nH]c(C)c(c34)C[C@H]21. The molecule has 1 saturated heterocycles. The van der Waals surface area contributed by atoms with Crippen molar-refractivity contribution in [2.24, 2.45) is 0 Å². The number of aromatic amines is 1. The van der Waals surface area contributed by atoms with Gasteiger partial charge in [0, 0.05) is 40.1 Å². The molecule has 4 rings (SSSR count). The predicted molar refractivity (Wildman–Crippen MR) is 104 cm³/mol. The number of aromatic nitrogens is 1. The molecule has 0 radical (unpaired) electrons. The van der Waals surface area contributed by atoms with E-state index in [1.165, 1.54) is 27.7 Å². The van der Waals surface area contributed by atoms with Gasteiger partial charge in [0.05, 0.1) is 9.99 Å². The Labute approximate surface area is 158 Å². The maximum Gasteiger partial charge on any atom is 0.207 e. The maximum absolute atomic E-state index is 11.0. The summed E-state index contributed by atoms with van der Waals surface area (Å²) in [5, 5.41) is 4.40. The predicted octanol–water partition coefficient (Wildman–Crippen LogP) is 3.85. The fourth-order valence-electron chi connectivity index (χ4n) is 4.69. The third kappa shape index (κ3) is 2.37. The molecule has 128 valence electrons. The molecule has 24 heavy (non-hydrogen) atoms. The van der Waals surface area contributed by atoms with Crippen LogP contribution in [0.1, 0.15) is 36.1 Å². The van der Waals surface area contributed by atoms with E-state index in [0.29, 0.717) is 12.0 Å². The molecule has 0 bridgehead atoms. The van der Waals surface area contributed by atoms with Crippen LogP contribution in [0.5, 0.6) is 0 Å². The Morgan fingerprint density at radius 2 is 2.25 bits per heavy atom. The Balaban J connectivity index is 1.89. The van der Waals surface area contributed by atoms with E-state index >= 15 is 0 Å². The average Bonchev–Trinajstić information content (AvgIpc) is 2.90. The fraction of sp³-hybridized carbons (Fsp3) is 0.500. The van der Waals surface area contributed by atoms with Crippen molar-refractivity contribution in [1.82, 2.24) is 15.2 Å². The molecule has 1 unspecified atom stereocenters. The number of nitrogens with one attached hydrogen (secondary N) is 2. The largest absolute Gasteiger partial charge is 0.357 e. The van der Waals surface area contributed by atoms with Crippen molar-refractivity contribution in [3.63, 3.8) is 0 Å². The molecule has 2 heterocycles. The summed E-state index contributed by atoms with van der Waals surface area (Å²) in [7, 11) is 0. The van der Waals surface area contributed by atoms with Crippen LogP contribution < -0.4 is 5.32 Å². The van der Waals surface area contributed by atoms with Crippen molar-refractivity contribution in [3.05, 3.63) is 31.8 Å². The van der Waals surface area contributed by atoms with Crippen molar-refractivity contribution in [1.29, 1.82) is 0 Å². The van der Waals surface area contributed by atoms with Crippen LogP contribution in [0.15, 0.2) is 15.0 Å². The van der Waals surface area contributed by atoms with Crippen LogP contribution in [0.3, 0.4) is 0 Å². The number of halogens is 2. The lowest BCUT2D eigenvalue weighted by Crippen LogP contribution is -2.55. The van der Waals surface area contributed by atoms with Crippen molar-refractivity contribution in [2.75, 3.05) is 13.1 Å². The van der Waals surface area contributed by atoms with Gasteiger partial charge in [0.1, 0.15) is 0 Å². The number of amides is 1. The second-order valence-corrected chi connectivity index (χ2v) is 8.57. The quantitative estimate of drug-likeness (QED) is 0.692. The molecule has 1 amide bonds. The molecule has 2 N–H and O–H groups in total. The van der Waals surface area contributed by atoms with Crippen molar-refractivity contribution in [3.8, 4) is 0 Å². The van der Waals surface area contributed by atoms with Crippen LogP contribution >= 0.6 is 31.9 Å². The number of nitrogens with zero attached hydrogens (tertiary/aromatic N) is 1. The highest BCUT2D eigenvalue weighted by Crippen LogP contribution is 2.47. The molecule has 1 aromatic carbocycles. The molecule has 1 aliphatic heterocycles. The minimum Gasteiger partial charge on any atom is -0.357 e. The van der Waals surface area contributed by atoms with E-state index in [0.717, 1.165) is 41.3 Å². The molecule has 1 aliphatic carbocycles. The molecule has 0 saturated carbocycles. The average molecular weight is 455 g/mol. The van der Waals surface area contributed by atoms with Gasteiger partial charge in [-0.15, -0.1) is 0 Å². The first-order chi connectivity index (χ1) is 11.5. The van der Waals surface area contributed by atoms with E-state index in [1.807, 2.05) is 0 Å². The van der Waals surface area contributed by atoms with Crippen molar-refractivity contribution >= 4 is 49.2 Å². The number of rotatable bonds is 3. The first-order valence-corrected chi connectivity index (χ1v) is 10.1. The summed E-state index contributed by atoms with van der Waals surface area (Å²) in [5.41, 5.74) is 5.33. The molecule has 1 fully saturated rings. The van der Waals surface area contributed by atoms with E-state index in [9.17, 15) is 4.79 Å². The highest BCUT2D eigenvalue weighted by atomic mass is 79.9. The van der Waals surface area contributed by atoms with Crippen molar-refractivity contribution < 1.29 is 4.79 Å². The molecule has 2 aliphatic rings. The summed E-state index contributed by atoms with van der Waals surface area (Å²) >= 11 is 7.43. The zero-order valence-corrected chi connectivity index (χ0v) is 17.0. The zero-order chi connectivity index (χ0) is 17.0. The number of benzene rings is 1. The Bertz CT molecular complexity index is 816. The minimum absolute atomic E-state index is 0.225. The lowest BCUT2D eigenvalue weighted by Gasteiger charge is -2.47. The van der Waals surface area contributed by atoms with Gasteiger partial charge in [-0.25, -0.2) is 0 Å². The number of likely N-dealkylation sites (N-methyl/N-ethyl adjacent to an activating group) is 1. The standard InChI is InChI=1S/C18H21Br2N3O/c1-3-23-7-10(21-8-24)4-12-13-5-14(19)17(20)18-16(13)11(6-15(12)23)9(2)22-18/h5,8,10,12,15,22H,3-4,6-7H2,1-2H3,(H,21,24)/t10-,12?,15+/m0/s1.